The number of nitrogens with zero attached hydrogens (tertiary/aromatic N) is 3. The van der Waals surface area contributed by atoms with Gasteiger partial charge in [-0.1, -0.05) is 0 Å². The van der Waals surface area contributed by atoms with E-state index in [0.717, 1.165) is 25.3 Å². The van der Waals surface area contributed by atoms with Gasteiger partial charge in [0.1, 0.15) is 5.82 Å². The minimum atomic E-state index is 0.656. The molecule has 0 spiro atoms. The number of ether oxygens (including phenoxy) is 1. The second-order valence-corrected chi connectivity index (χ2v) is 4.03. The normalized spacial score (nSPS) is 11.2. The number of likely N-dealkylation sites (N-methyl/N-ethyl adjacent to an activating group) is 1. The molecule has 0 aliphatic carbocycles. The van der Waals surface area contributed by atoms with Crippen LogP contribution in [0.3, 0.4) is 0 Å². The Labute approximate surface area is 95.0 Å². The number of aromatic amines is 1. The van der Waals surface area contributed by atoms with Gasteiger partial charge in [-0.15, -0.1) is 0 Å². The van der Waals surface area contributed by atoms with E-state index < -0.39 is 0 Å². The van der Waals surface area contributed by atoms with Gasteiger partial charge in [0.05, 0.1) is 6.61 Å². The third-order valence-corrected chi connectivity index (χ3v) is 2.45. The van der Waals surface area contributed by atoms with E-state index >= 15 is 0 Å². The third-order valence-electron chi connectivity index (χ3n) is 2.14. The Bertz CT molecular complexity index is 344. The highest BCUT2D eigenvalue weighted by molar-refractivity contribution is 7.71. The van der Waals surface area contributed by atoms with Gasteiger partial charge in [0.25, 0.3) is 0 Å². The summed E-state index contributed by atoms with van der Waals surface area (Å²) in [5.41, 5.74) is 0. The van der Waals surface area contributed by atoms with Crippen LogP contribution < -0.4 is 0 Å². The molecule has 0 bridgehead atoms. The number of hydrogen-bond donors (Lipinski definition) is 1. The summed E-state index contributed by atoms with van der Waals surface area (Å²) in [6, 6.07) is 0. The van der Waals surface area contributed by atoms with Gasteiger partial charge in [0, 0.05) is 26.6 Å². The zero-order chi connectivity index (χ0) is 11.3. The molecule has 1 N–H and O–H groups in total. The highest BCUT2D eigenvalue weighted by Crippen LogP contribution is 1.99. The van der Waals surface area contributed by atoms with Gasteiger partial charge in [-0.2, -0.15) is 5.10 Å². The molecule has 0 amide bonds. The Morgan fingerprint density at radius 1 is 1.53 bits per heavy atom. The van der Waals surface area contributed by atoms with Crippen LogP contribution in [0.1, 0.15) is 5.82 Å². The number of rotatable bonds is 6. The molecule has 6 heteroatoms. The van der Waals surface area contributed by atoms with Crippen LogP contribution in [0.4, 0.5) is 0 Å². The zero-order valence-corrected chi connectivity index (χ0v) is 10.3. The SMILES string of the molecule is COCCn1c(CCN(C)C)n[nH]c1=S. The fourth-order valence-electron chi connectivity index (χ4n) is 1.28. The van der Waals surface area contributed by atoms with Gasteiger partial charge in [0.15, 0.2) is 4.77 Å². The van der Waals surface area contributed by atoms with Crippen molar-refractivity contribution in [3.05, 3.63) is 10.6 Å². The van der Waals surface area contributed by atoms with Crippen LogP contribution in [-0.4, -0.2) is 54.0 Å². The molecule has 0 aliphatic heterocycles. The highest BCUT2D eigenvalue weighted by atomic mass is 32.1. The average Bonchev–Trinajstić information content (AvgIpc) is 2.53. The number of H-pyrrole nitrogens is 1. The van der Waals surface area contributed by atoms with Gasteiger partial charge in [-0.25, -0.2) is 0 Å². The van der Waals surface area contributed by atoms with Crippen molar-refractivity contribution in [2.45, 2.75) is 13.0 Å². The lowest BCUT2D eigenvalue weighted by atomic mass is 10.4. The molecular weight excluding hydrogens is 212 g/mol. The minimum absolute atomic E-state index is 0.656. The molecule has 1 aromatic heterocycles. The van der Waals surface area contributed by atoms with E-state index in [4.69, 9.17) is 17.0 Å². The van der Waals surface area contributed by atoms with E-state index in [2.05, 4.69) is 15.1 Å². The average molecular weight is 230 g/mol. The first-order valence-corrected chi connectivity index (χ1v) is 5.33. The largest absolute Gasteiger partial charge is 0.383 e. The van der Waals surface area contributed by atoms with E-state index in [1.165, 1.54) is 0 Å². The van der Waals surface area contributed by atoms with Crippen molar-refractivity contribution in [1.29, 1.82) is 0 Å². The number of nitrogens with one attached hydrogen (secondary N) is 1. The molecule has 0 saturated heterocycles. The second kappa shape index (κ2) is 5.99. The summed E-state index contributed by atoms with van der Waals surface area (Å²) in [4.78, 5) is 2.12. The molecule has 0 radical (unpaired) electrons. The molecule has 0 aliphatic rings. The van der Waals surface area contributed by atoms with Crippen molar-refractivity contribution in [3.63, 3.8) is 0 Å². The molecule has 1 rings (SSSR count). The predicted molar refractivity (Wildman–Crippen MR) is 61.5 cm³/mol. The van der Waals surface area contributed by atoms with Crippen LogP contribution >= 0.6 is 12.2 Å². The van der Waals surface area contributed by atoms with E-state index in [1.807, 2.05) is 18.7 Å². The van der Waals surface area contributed by atoms with Crippen molar-refractivity contribution < 1.29 is 4.74 Å². The van der Waals surface area contributed by atoms with Gasteiger partial charge < -0.3 is 14.2 Å². The molecule has 0 aromatic carbocycles. The number of hydrogen-bond acceptors (Lipinski definition) is 4. The molecule has 0 atom stereocenters. The Morgan fingerprint density at radius 3 is 2.87 bits per heavy atom. The topological polar surface area (TPSA) is 46.1 Å². The lowest BCUT2D eigenvalue weighted by Crippen LogP contribution is -2.18. The van der Waals surface area contributed by atoms with E-state index in [0.29, 0.717) is 11.4 Å². The van der Waals surface area contributed by atoms with Gasteiger partial charge >= 0.3 is 0 Å². The molecule has 1 heterocycles. The highest BCUT2D eigenvalue weighted by Gasteiger charge is 2.05. The summed E-state index contributed by atoms with van der Waals surface area (Å²) in [6.07, 6.45) is 0.893. The molecule has 86 valence electrons. The van der Waals surface area contributed by atoms with Crippen LogP contribution in [-0.2, 0) is 17.7 Å². The van der Waals surface area contributed by atoms with Crippen molar-refractivity contribution >= 4 is 12.2 Å². The van der Waals surface area contributed by atoms with Crippen LogP contribution in [0.25, 0.3) is 0 Å². The summed E-state index contributed by atoms with van der Waals surface area (Å²) < 4.78 is 7.69. The van der Waals surface area contributed by atoms with Crippen molar-refractivity contribution in [2.24, 2.45) is 0 Å². The summed E-state index contributed by atoms with van der Waals surface area (Å²) in [5.74, 6) is 0.991. The zero-order valence-electron chi connectivity index (χ0n) is 9.49. The molecule has 15 heavy (non-hydrogen) atoms. The van der Waals surface area contributed by atoms with Crippen LogP contribution in [0.15, 0.2) is 0 Å². The lowest BCUT2D eigenvalue weighted by molar-refractivity contribution is 0.185. The molecule has 0 saturated carbocycles. The number of aromatic nitrogens is 3. The molecule has 0 fully saturated rings. The Balaban J connectivity index is 2.66. The standard InChI is InChI=1S/C9H18N4OS/c1-12(2)5-4-8-10-11-9(15)13(8)6-7-14-3/h4-7H2,1-3H3,(H,11,15). The van der Waals surface area contributed by atoms with Crippen LogP contribution in [0.2, 0.25) is 0 Å². The second-order valence-electron chi connectivity index (χ2n) is 3.64. The monoisotopic (exact) mass is 230 g/mol. The maximum Gasteiger partial charge on any atom is 0.195 e. The van der Waals surface area contributed by atoms with Crippen LogP contribution in [0, 0.1) is 4.77 Å². The fourth-order valence-corrected chi connectivity index (χ4v) is 1.52. The van der Waals surface area contributed by atoms with Gasteiger partial charge in [0.2, 0.25) is 0 Å². The van der Waals surface area contributed by atoms with Gasteiger partial charge in [-0.3, -0.25) is 5.10 Å². The van der Waals surface area contributed by atoms with Gasteiger partial charge in [-0.05, 0) is 26.3 Å². The Morgan fingerprint density at radius 2 is 2.27 bits per heavy atom. The fraction of sp³-hybridized carbons (Fsp3) is 0.778. The molecule has 0 unspecified atom stereocenters. The number of methoxy groups -OCH3 is 1. The lowest BCUT2D eigenvalue weighted by Gasteiger charge is -2.09. The summed E-state index contributed by atoms with van der Waals surface area (Å²) in [7, 11) is 5.77. The van der Waals surface area contributed by atoms with Crippen LogP contribution in [0.5, 0.6) is 0 Å². The third kappa shape index (κ3) is 3.73. The van der Waals surface area contributed by atoms with E-state index in [9.17, 15) is 0 Å². The Hall–Kier alpha value is -0.720. The van der Waals surface area contributed by atoms with Crippen molar-refractivity contribution in [3.8, 4) is 0 Å². The summed E-state index contributed by atoms with van der Waals surface area (Å²) >= 11 is 5.14. The molecule has 1 aromatic rings. The first-order valence-electron chi connectivity index (χ1n) is 4.93. The predicted octanol–water partition coefficient (Wildman–Crippen LogP) is 0.691. The smallest absolute Gasteiger partial charge is 0.195 e. The van der Waals surface area contributed by atoms with E-state index in [-0.39, 0.29) is 0 Å². The van der Waals surface area contributed by atoms with E-state index in [1.54, 1.807) is 7.11 Å². The first-order chi connectivity index (χ1) is 7.15. The minimum Gasteiger partial charge on any atom is -0.383 e. The summed E-state index contributed by atoms with van der Waals surface area (Å²) in [6.45, 7) is 2.38. The first kappa shape index (κ1) is 12.4. The maximum absolute atomic E-state index is 5.14. The molecular formula is C9H18N4OS. The van der Waals surface area contributed by atoms with Crippen molar-refractivity contribution in [2.75, 3.05) is 34.4 Å². The molecule has 5 nitrogen and oxygen atoms in total. The Kier molecular flexibility index (Phi) is 4.93. The van der Waals surface area contributed by atoms with Crippen molar-refractivity contribution in [1.82, 2.24) is 19.7 Å². The summed E-state index contributed by atoms with van der Waals surface area (Å²) in [5, 5.41) is 7.02. The quantitative estimate of drug-likeness (QED) is 0.730. The maximum atomic E-state index is 5.14.